The average molecular weight is 220 g/mol. The fraction of sp³-hybridized carbons (Fsp3) is 0.615. The van der Waals surface area contributed by atoms with Crippen LogP contribution in [0.2, 0.25) is 0 Å². The van der Waals surface area contributed by atoms with E-state index in [1.807, 2.05) is 12.4 Å². The molecule has 0 saturated carbocycles. The molecule has 0 spiro atoms. The van der Waals surface area contributed by atoms with E-state index in [2.05, 4.69) is 29.1 Å². The highest BCUT2D eigenvalue weighted by molar-refractivity contribution is 5.24. The van der Waals surface area contributed by atoms with Crippen molar-refractivity contribution in [2.45, 2.75) is 19.3 Å². The van der Waals surface area contributed by atoms with Crippen molar-refractivity contribution in [1.29, 1.82) is 0 Å². The first-order chi connectivity index (χ1) is 7.86. The van der Waals surface area contributed by atoms with Gasteiger partial charge in [-0.1, -0.05) is 6.42 Å². The smallest absolute Gasteiger partial charge is 0.134 e. The Labute approximate surface area is 98.1 Å². The maximum Gasteiger partial charge on any atom is 0.134 e. The van der Waals surface area contributed by atoms with E-state index < -0.39 is 0 Å². The van der Waals surface area contributed by atoms with Crippen LogP contribution in [0.5, 0.6) is 0 Å². The molecule has 1 aromatic rings. The normalized spacial score (nSPS) is 19.6. The van der Waals surface area contributed by atoms with Gasteiger partial charge in [-0.25, -0.2) is 0 Å². The van der Waals surface area contributed by atoms with Gasteiger partial charge < -0.3 is 4.90 Å². The molecule has 1 aliphatic heterocycles. The third kappa shape index (κ3) is 3.29. The zero-order valence-corrected chi connectivity index (χ0v) is 10.2. The van der Waals surface area contributed by atoms with Gasteiger partial charge in [0, 0.05) is 31.1 Å². The lowest BCUT2D eigenvalue weighted by molar-refractivity contribution is -0.809. The number of nitrogens with zero attached hydrogens (tertiary/aromatic N) is 2. The second kappa shape index (κ2) is 5.97. The van der Waals surface area contributed by atoms with Gasteiger partial charge in [0.2, 0.25) is 0 Å². The third-order valence-corrected chi connectivity index (χ3v) is 3.42. The highest BCUT2D eigenvalue weighted by Crippen LogP contribution is 2.07. The highest BCUT2D eigenvalue weighted by Gasteiger charge is 2.12. The molecule has 0 bridgehead atoms. The molecule has 1 aliphatic rings. The number of likely N-dealkylation sites (N-methyl/N-ethyl adjacent to an activating group) is 1. The summed E-state index contributed by atoms with van der Waals surface area (Å²) in [6.07, 6.45) is 7.94. The number of piperidine rings is 1. The summed E-state index contributed by atoms with van der Waals surface area (Å²) in [6.45, 7) is 4.99. The molecule has 0 amide bonds. The van der Waals surface area contributed by atoms with Crippen molar-refractivity contribution in [2.24, 2.45) is 0 Å². The Morgan fingerprint density at radius 1 is 1.19 bits per heavy atom. The highest BCUT2D eigenvalue weighted by atomic mass is 15.2. The van der Waals surface area contributed by atoms with E-state index in [-0.39, 0.29) is 0 Å². The summed E-state index contributed by atoms with van der Waals surface area (Å²) in [5.41, 5.74) is 1.34. The molecule has 2 heterocycles. The molecule has 16 heavy (non-hydrogen) atoms. The van der Waals surface area contributed by atoms with Gasteiger partial charge in [-0.3, -0.25) is 9.88 Å². The predicted molar refractivity (Wildman–Crippen MR) is 65.9 cm³/mol. The van der Waals surface area contributed by atoms with E-state index in [0.29, 0.717) is 0 Å². The van der Waals surface area contributed by atoms with Crippen molar-refractivity contribution in [1.82, 2.24) is 9.88 Å². The topological polar surface area (TPSA) is 20.6 Å². The van der Waals surface area contributed by atoms with Gasteiger partial charge in [-0.2, -0.15) is 0 Å². The van der Waals surface area contributed by atoms with Crippen LogP contribution in [-0.2, 0) is 0 Å². The molecule has 1 atom stereocenters. The Balaban J connectivity index is 1.77. The quantitative estimate of drug-likeness (QED) is 0.807. The standard InChI is InChI=1S/C13H21N3/c1-15(13-5-7-14-8-6-13)11-12-16-9-3-2-4-10-16/h5-8H,2-4,9-12H2,1H3/p+1. The minimum Gasteiger partial charge on any atom is -0.304 e. The van der Waals surface area contributed by atoms with E-state index in [9.17, 15) is 0 Å². The predicted octanol–water partition coefficient (Wildman–Crippen LogP) is 0.714. The van der Waals surface area contributed by atoms with Crippen molar-refractivity contribution < 1.29 is 4.90 Å². The lowest BCUT2D eigenvalue weighted by Crippen LogP contribution is -3.04. The minimum atomic E-state index is 1.18. The Hall–Kier alpha value is -0.930. The van der Waals surface area contributed by atoms with Crippen LogP contribution in [0.15, 0.2) is 24.5 Å². The molecule has 88 valence electrons. The summed E-state index contributed by atoms with van der Waals surface area (Å²) >= 11 is 0. The van der Waals surface area contributed by atoms with Crippen LogP contribution >= 0.6 is 0 Å². The van der Waals surface area contributed by atoms with Crippen molar-refractivity contribution in [3.05, 3.63) is 24.5 Å². The molecule has 3 nitrogen and oxygen atoms in total. The van der Waals surface area contributed by atoms with Gasteiger partial charge in [-0.05, 0) is 25.9 Å². The minimum absolute atomic E-state index is 1.18. The third-order valence-electron chi connectivity index (χ3n) is 3.42. The number of aromatic nitrogens is 1. The van der Waals surface area contributed by atoms with E-state index in [1.54, 1.807) is 0 Å². The van der Waals surface area contributed by atoms with Crippen LogP contribution in [0.3, 0.4) is 0 Å². The van der Waals surface area contributed by atoms with Crippen LogP contribution in [0.1, 0.15) is 19.3 Å². The van der Waals surface area contributed by atoms with E-state index in [4.69, 9.17) is 0 Å². The van der Waals surface area contributed by atoms with E-state index in [1.165, 1.54) is 56.0 Å². The summed E-state index contributed by atoms with van der Waals surface area (Å²) in [4.78, 5) is 8.13. The molecule has 1 saturated heterocycles. The number of hydrogen-bond donors (Lipinski definition) is 1. The van der Waals surface area contributed by atoms with Crippen molar-refractivity contribution in [3.63, 3.8) is 0 Å². The molecule has 3 heteroatoms. The van der Waals surface area contributed by atoms with Crippen LogP contribution in [0.25, 0.3) is 0 Å². The summed E-state index contributed by atoms with van der Waals surface area (Å²) in [5.74, 6) is 0. The number of rotatable bonds is 4. The fourth-order valence-electron chi connectivity index (χ4n) is 2.29. The Kier molecular flexibility index (Phi) is 4.31. The van der Waals surface area contributed by atoms with Crippen LogP contribution in [-0.4, -0.2) is 43.1 Å². The first kappa shape index (κ1) is 11.6. The second-order valence-corrected chi connectivity index (χ2v) is 4.67. The lowest BCUT2D eigenvalue weighted by Gasteiger charge is -2.27. The molecule has 1 fully saturated rings. The van der Waals surface area contributed by atoms with Crippen LogP contribution in [0.4, 0.5) is 5.69 Å². The zero-order valence-electron chi connectivity index (χ0n) is 10.2. The Morgan fingerprint density at radius 3 is 2.56 bits per heavy atom. The Morgan fingerprint density at radius 2 is 1.88 bits per heavy atom. The summed E-state index contributed by atoms with van der Waals surface area (Å²) < 4.78 is 0. The number of nitrogens with one attached hydrogen (secondary N) is 1. The van der Waals surface area contributed by atoms with Crippen molar-refractivity contribution in [2.75, 3.05) is 33.2 Å². The molecule has 1 unspecified atom stereocenters. The molecule has 1 N–H and O–H groups in total. The number of quaternary nitrogens is 1. The molecule has 2 rings (SSSR count). The average Bonchev–Trinajstić information content (AvgIpc) is 2.38. The van der Waals surface area contributed by atoms with Gasteiger partial charge in [-0.15, -0.1) is 0 Å². The summed E-state index contributed by atoms with van der Waals surface area (Å²) in [5, 5.41) is 0. The van der Waals surface area contributed by atoms with Gasteiger partial charge >= 0.3 is 0 Å². The largest absolute Gasteiger partial charge is 0.304 e. The molecule has 1 aromatic heterocycles. The molecular formula is C13H22N3+. The summed E-state index contributed by atoms with van der Waals surface area (Å²) in [6, 6.07) is 4.21. The van der Waals surface area contributed by atoms with E-state index >= 15 is 0 Å². The van der Waals surface area contributed by atoms with Gasteiger partial charge in [0.05, 0.1) is 13.6 Å². The van der Waals surface area contributed by atoms with Crippen LogP contribution in [0, 0.1) is 0 Å². The molecular weight excluding hydrogens is 198 g/mol. The first-order valence-corrected chi connectivity index (χ1v) is 6.31. The SMILES string of the molecule is C[NH+](CCN1CCCCC1)c1ccncc1. The van der Waals surface area contributed by atoms with E-state index in [0.717, 1.165) is 0 Å². The lowest BCUT2D eigenvalue weighted by atomic mass is 10.1. The van der Waals surface area contributed by atoms with Gasteiger partial charge in [0.25, 0.3) is 0 Å². The number of pyridine rings is 1. The monoisotopic (exact) mass is 220 g/mol. The molecule has 0 radical (unpaired) electrons. The van der Waals surface area contributed by atoms with Gasteiger partial charge in [0.15, 0.2) is 0 Å². The maximum absolute atomic E-state index is 4.05. The fourth-order valence-corrected chi connectivity index (χ4v) is 2.29. The summed E-state index contributed by atoms with van der Waals surface area (Å²) in [7, 11) is 2.24. The number of hydrogen-bond acceptors (Lipinski definition) is 2. The molecule has 0 aromatic carbocycles. The number of likely N-dealkylation sites (tertiary alicyclic amines) is 1. The Bertz CT molecular complexity index is 293. The van der Waals surface area contributed by atoms with Gasteiger partial charge in [0.1, 0.15) is 5.69 Å². The van der Waals surface area contributed by atoms with Crippen molar-refractivity contribution in [3.8, 4) is 0 Å². The zero-order chi connectivity index (χ0) is 11.2. The first-order valence-electron chi connectivity index (χ1n) is 6.31. The maximum atomic E-state index is 4.05. The van der Waals surface area contributed by atoms with Crippen molar-refractivity contribution >= 4 is 5.69 Å². The molecule has 0 aliphatic carbocycles. The van der Waals surface area contributed by atoms with Crippen LogP contribution < -0.4 is 4.90 Å². The second-order valence-electron chi connectivity index (χ2n) is 4.67.